The number of hydrogen-bond acceptors (Lipinski definition) is 1. The van der Waals surface area contributed by atoms with Crippen LogP contribution in [0, 0.1) is 17.5 Å². The first-order valence-corrected chi connectivity index (χ1v) is 5.46. The summed E-state index contributed by atoms with van der Waals surface area (Å²) in [6.45, 7) is 2.06. The molecule has 17 heavy (non-hydrogen) atoms. The Morgan fingerprint density at radius 3 is 2.12 bits per heavy atom. The van der Waals surface area contributed by atoms with Gasteiger partial charge < -0.3 is 5.73 Å². The fraction of sp³-hybridized carbons (Fsp3) is 0.500. The third kappa shape index (κ3) is 4.56. The lowest BCUT2D eigenvalue weighted by Gasteiger charge is -2.12. The molecular formula is C12H17ClF3N. The molecule has 0 saturated heterocycles. The van der Waals surface area contributed by atoms with E-state index in [4.69, 9.17) is 5.73 Å². The molecule has 0 saturated carbocycles. The van der Waals surface area contributed by atoms with Gasteiger partial charge in [-0.15, -0.1) is 12.4 Å². The molecule has 0 aliphatic carbocycles. The van der Waals surface area contributed by atoms with E-state index in [0.717, 1.165) is 31.4 Å². The van der Waals surface area contributed by atoms with Crippen LogP contribution in [0.15, 0.2) is 12.1 Å². The van der Waals surface area contributed by atoms with Crippen molar-refractivity contribution in [2.75, 3.05) is 0 Å². The Morgan fingerprint density at radius 2 is 1.65 bits per heavy atom. The summed E-state index contributed by atoms with van der Waals surface area (Å²) in [6, 6.07) is 1.50. The van der Waals surface area contributed by atoms with Crippen molar-refractivity contribution in [3.8, 4) is 0 Å². The van der Waals surface area contributed by atoms with Crippen LogP contribution in [0.2, 0.25) is 0 Å². The Bertz CT molecular complexity index is 335. The molecule has 1 rings (SSSR count). The second-order valence-corrected chi connectivity index (χ2v) is 3.90. The fourth-order valence-corrected chi connectivity index (χ4v) is 1.57. The van der Waals surface area contributed by atoms with Crippen molar-refractivity contribution < 1.29 is 13.2 Å². The molecule has 5 heteroatoms. The highest BCUT2D eigenvalue weighted by atomic mass is 35.5. The predicted molar refractivity (Wildman–Crippen MR) is 64.6 cm³/mol. The average molecular weight is 268 g/mol. The number of benzene rings is 1. The third-order valence-corrected chi connectivity index (χ3v) is 2.55. The molecule has 1 nitrogen and oxygen atoms in total. The van der Waals surface area contributed by atoms with E-state index in [1.54, 1.807) is 0 Å². The van der Waals surface area contributed by atoms with Crippen molar-refractivity contribution in [3.05, 3.63) is 35.1 Å². The number of unbranched alkanes of at least 4 members (excludes halogenated alkanes) is 2. The van der Waals surface area contributed by atoms with Gasteiger partial charge in [-0.2, -0.15) is 0 Å². The van der Waals surface area contributed by atoms with Gasteiger partial charge in [0, 0.05) is 6.04 Å². The van der Waals surface area contributed by atoms with Gasteiger partial charge in [0.15, 0.2) is 17.5 Å². The van der Waals surface area contributed by atoms with Crippen LogP contribution in [-0.4, -0.2) is 0 Å². The Morgan fingerprint density at radius 1 is 1.12 bits per heavy atom. The SMILES string of the molecule is CCCCC[C@H](N)c1cc(F)c(F)c(F)c1.Cl. The van der Waals surface area contributed by atoms with Crippen LogP contribution in [0.4, 0.5) is 13.2 Å². The summed E-state index contributed by atoms with van der Waals surface area (Å²) in [6.07, 6.45) is 3.63. The molecule has 0 aliphatic rings. The zero-order valence-electron chi connectivity index (χ0n) is 9.68. The van der Waals surface area contributed by atoms with Gasteiger partial charge in [0.1, 0.15) is 0 Å². The standard InChI is InChI=1S/C12H16F3N.ClH/c1-2-3-4-5-11(16)8-6-9(13)12(15)10(14)7-8;/h6-7,11H,2-5,16H2,1H3;1H/t11-;/m0./s1. The van der Waals surface area contributed by atoms with Crippen molar-refractivity contribution >= 4 is 12.4 Å². The van der Waals surface area contributed by atoms with Crippen LogP contribution < -0.4 is 5.73 Å². The average Bonchev–Trinajstić information content (AvgIpc) is 2.25. The molecule has 0 bridgehead atoms. The van der Waals surface area contributed by atoms with Crippen LogP contribution in [0.25, 0.3) is 0 Å². The fourth-order valence-electron chi connectivity index (χ4n) is 1.57. The highest BCUT2D eigenvalue weighted by Crippen LogP contribution is 2.21. The van der Waals surface area contributed by atoms with E-state index in [0.29, 0.717) is 12.0 Å². The Kier molecular flexibility index (Phi) is 7.23. The molecule has 1 aromatic rings. The van der Waals surface area contributed by atoms with Crippen molar-refractivity contribution in [1.82, 2.24) is 0 Å². The number of hydrogen-bond donors (Lipinski definition) is 1. The Hall–Kier alpha value is -0.740. The second-order valence-electron chi connectivity index (χ2n) is 3.90. The Balaban J connectivity index is 0.00000256. The smallest absolute Gasteiger partial charge is 0.194 e. The van der Waals surface area contributed by atoms with E-state index in [1.165, 1.54) is 0 Å². The van der Waals surface area contributed by atoms with E-state index >= 15 is 0 Å². The van der Waals surface area contributed by atoms with Crippen molar-refractivity contribution in [2.45, 2.75) is 38.6 Å². The van der Waals surface area contributed by atoms with Gasteiger partial charge in [0.25, 0.3) is 0 Å². The molecule has 0 heterocycles. The molecule has 0 aromatic heterocycles. The molecule has 0 spiro atoms. The lowest BCUT2D eigenvalue weighted by molar-refractivity contribution is 0.442. The number of nitrogens with two attached hydrogens (primary N) is 1. The van der Waals surface area contributed by atoms with Crippen LogP contribution in [0.5, 0.6) is 0 Å². The summed E-state index contributed by atoms with van der Waals surface area (Å²) in [5.74, 6) is -3.80. The highest BCUT2D eigenvalue weighted by Gasteiger charge is 2.14. The molecule has 0 radical (unpaired) electrons. The van der Waals surface area contributed by atoms with Gasteiger partial charge in [-0.25, -0.2) is 13.2 Å². The third-order valence-electron chi connectivity index (χ3n) is 2.55. The van der Waals surface area contributed by atoms with Crippen molar-refractivity contribution in [2.24, 2.45) is 5.73 Å². The van der Waals surface area contributed by atoms with Gasteiger partial charge in [0.2, 0.25) is 0 Å². The van der Waals surface area contributed by atoms with Gasteiger partial charge in [-0.3, -0.25) is 0 Å². The summed E-state index contributed by atoms with van der Waals surface area (Å²) in [4.78, 5) is 0. The highest BCUT2D eigenvalue weighted by molar-refractivity contribution is 5.85. The first kappa shape index (κ1) is 16.3. The number of halogens is 4. The summed E-state index contributed by atoms with van der Waals surface area (Å²) in [5, 5.41) is 0. The molecule has 0 aliphatic heterocycles. The number of rotatable bonds is 5. The van der Waals surface area contributed by atoms with Crippen LogP contribution >= 0.6 is 12.4 Å². The topological polar surface area (TPSA) is 26.0 Å². The maximum atomic E-state index is 12.9. The maximum absolute atomic E-state index is 12.9. The summed E-state index contributed by atoms with van der Waals surface area (Å²) >= 11 is 0. The lowest BCUT2D eigenvalue weighted by atomic mass is 10.0. The molecule has 1 atom stereocenters. The molecule has 1 aromatic carbocycles. The second kappa shape index (κ2) is 7.56. The maximum Gasteiger partial charge on any atom is 0.194 e. The summed E-state index contributed by atoms with van der Waals surface area (Å²) in [7, 11) is 0. The van der Waals surface area contributed by atoms with Gasteiger partial charge in [-0.1, -0.05) is 26.2 Å². The zero-order valence-corrected chi connectivity index (χ0v) is 10.5. The molecule has 0 amide bonds. The first-order chi connectivity index (χ1) is 7.56. The minimum absolute atomic E-state index is 0. The van der Waals surface area contributed by atoms with E-state index in [2.05, 4.69) is 6.92 Å². The lowest BCUT2D eigenvalue weighted by Crippen LogP contribution is -2.11. The van der Waals surface area contributed by atoms with E-state index in [9.17, 15) is 13.2 Å². The largest absolute Gasteiger partial charge is 0.324 e. The molecule has 2 N–H and O–H groups in total. The quantitative estimate of drug-likeness (QED) is 0.631. The van der Waals surface area contributed by atoms with Crippen molar-refractivity contribution in [3.63, 3.8) is 0 Å². The van der Waals surface area contributed by atoms with Gasteiger partial charge >= 0.3 is 0 Å². The zero-order chi connectivity index (χ0) is 12.1. The van der Waals surface area contributed by atoms with E-state index in [-0.39, 0.29) is 12.4 Å². The molecular weight excluding hydrogens is 251 g/mol. The van der Waals surface area contributed by atoms with Gasteiger partial charge in [-0.05, 0) is 24.1 Å². The summed E-state index contributed by atoms with van der Waals surface area (Å²) < 4.78 is 38.5. The van der Waals surface area contributed by atoms with Gasteiger partial charge in [0.05, 0.1) is 0 Å². The minimum Gasteiger partial charge on any atom is -0.324 e. The predicted octanol–water partition coefficient (Wildman–Crippen LogP) is 4.11. The molecule has 0 fully saturated rings. The normalized spacial score (nSPS) is 12.1. The first-order valence-electron chi connectivity index (χ1n) is 5.46. The molecule has 98 valence electrons. The van der Waals surface area contributed by atoms with Crippen molar-refractivity contribution in [1.29, 1.82) is 0 Å². The Labute approximate surface area is 106 Å². The van der Waals surface area contributed by atoms with Crippen LogP contribution in [0.3, 0.4) is 0 Å². The van der Waals surface area contributed by atoms with E-state index in [1.807, 2.05) is 0 Å². The monoisotopic (exact) mass is 267 g/mol. The molecule has 0 unspecified atom stereocenters. The minimum atomic E-state index is -1.44. The van der Waals surface area contributed by atoms with Crippen LogP contribution in [0.1, 0.15) is 44.2 Å². The van der Waals surface area contributed by atoms with Crippen LogP contribution in [-0.2, 0) is 0 Å². The summed E-state index contributed by atoms with van der Waals surface area (Å²) in [5.41, 5.74) is 6.08. The van der Waals surface area contributed by atoms with E-state index < -0.39 is 23.5 Å².